The Morgan fingerprint density at radius 1 is 0.923 bits per heavy atom. The van der Waals surface area contributed by atoms with Crippen LogP contribution >= 0.6 is 0 Å². The number of rotatable bonds is 12. The number of carboxylic acids is 2. The Morgan fingerprint density at radius 3 is 2.06 bits per heavy atom. The SMILES string of the molecule is CC(=O)N1Cc2cc(NC(=Nc3ccc(C)cc3)NC#N)ccc2C1C(=O)NC(Cc1ccccc1CC(NC(=O)CC(C)(C)C)C(=O)O)C(=O)O. The minimum Gasteiger partial charge on any atom is -0.480 e. The van der Waals surface area contributed by atoms with Crippen molar-refractivity contribution in [3.05, 3.63) is 94.5 Å². The summed E-state index contributed by atoms with van der Waals surface area (Å²) < 4.78 is 0. The summed E-state index contributed by atoms with van der Waals surface area (Å²) in [6.45, 7) is 8.93. The summed E-state index contributed by atoms with van der Waals surface area (Å²) >= 11 is 0. The van der Waals surface area contributed by atoms with Crippen LogP contribution in [-0.4, -0.2) is 62.8 Å². The summed E-state index contributed by atoms with van der Waals surface area (Å²) in [5.41, 5.74) is 3.95. The molecule has 0 bridgehead atoms. The molecule has 4 rings (SSSR count). The lowest BCUT2D eigenvalue weighted by atomic mass is 9.91. The molecule has 3 aromatic carbocycles. The van der Waals surface area contributed by atoms with E-state index in [-0.39, 0.29) is 37.2 Å². The highest BCUT2D eigenvalue weighted by molar-refractivity contribution is 5.97. The smallest absolute Gasteiger partial charge is 0.326 e. The number of hydrogen-bond acceptors (Lipinski definition) is 7. The number of guanidine groups is 1. The van der Waals surface area contributed by atoms with Gasteiger partial charge in [-0.15, -0.1) is 0 Å². The van der Waals surface area contributed by atoms with Crippen LogP contribution in [0.15, 0.2) is 71.7 Å². The fourth-order valence-corrected chi connectivity index (χ4v) is 5.90. The lowest BCUT2D eigenvalue weighted by Crippen LogP contribution is -2.47. The number of carboxylic acid groups (broad SMARTS) is 2. The number of fused-ring (bicyclic) bond motifs is 1. The van der Waals surface area contributed by atoms with Gasteiger partial charge in [-0.3, -0.25) is 19.7 Å². The zero-order valence-corrected chi connectivity index (χ0v) is 29.7. The van der Waals surface area contributed by atoms with Gasteiger partial charge in [0.2, 0.25) is 23.7 Å². The molecule has 1 aliphatic rings. The first-order chi connectivity index (χ1) is 24.5. The molecule has 14 nitrogen and oxygen atoms in total. The third kappa shape index (κ3) is 10.4. The van der Waals surface area contributed by atoms with Crippen LogP contribution in [0.4, 0.5) is 11.4 Å². The molecule has 3 aromatic rings. The van der Waals surface area contributed by atoms with Crippen LogP contribution in [0.1, 0.15) is 68.0 Å². The Hall–Kier alpha value is -6.23. The van der Waals surface area contributed by atoms with Gasteiger partial charge in [0.15, 0.2) is 6.19 Å². The van der Waals surface area contributed by atoms with Gasteiger partial charge >= 0.3 is 11.9 Å². The van der Waals surface area contributed by atoms with Crippen LogP contribution in [0.5, 0.6) is 0 Å². The molecule has 272 valence electrons. The lowest BCUT2D eigenvalue weighted by Gasteiger charge is -2.25. The van der Waals surface area contributed by atoms with Crippen LogP contribution < -0.4 is 21.3 Å². The first-order valence-electron chi connectivity index (χ1n) is 16.6. The number of aliphatic carboxylic acids is 2. The van der Waals surface area contributed by atoms with Crippen LogP contribution in [0.2, 0.25) is 0 Å². The quantitative estimate of drug-likeness (QED) is 0.0690. The minimum atomic E-state index is -1.43. The molecule has 3 atom stereocenters. The highest BCUT2D eigenvalue weighted by Crippen LogP contribution is 2.36. The molecule has 0 saturated heterocycles. The van der Waals surface area contributed by atoms with Crippen LogP contribution in [0.3, 0.4) is 0 Å². The zero-order chi connectivity index (χ0) is 38.2. The van der Waals surface area contributed by atoms with E-state index in [4.69, 9.17) is 0 Å². The number of aryl methyl sites for hydroxylation is 1. The molecule has 3 amide bonds. The number of amides is 3. The van der Waals surface area contributed by atoms with Crippen LogP contribution in [0, 0.1) is 23.8 Å². The van der Waals surface area contributed by atoms with Crippen molar-refractivity contribution >= 4 is 47.0 Å². The monoisotopic (exact) mass is 709 g/mol. The van der Waals surface area contributed by atoms with E-state index in [9.17, 15) is 39.4 Å². The van der Waals surface area contributed by atoms with E-state index in [1.807, 2.05) is 46.0 Å². The Bertz CT molecular complexity index is 1910. The normalized spacial score (nSPS) is 15.0. The van der Waals surface area contributed by atoms with Gasteiger partial charge in [0.1, 0.15) is 18.1 Å². The first-order valence-corrected chi connectivity index (χ1v) is 16.6. The van der Waals surface area contributed by atoms with Crippen molar-refractivity contribution < 1.29 is 34.2 Å². The van der Waals surface area contributed by atoms with Gasteiger partial charge < -0.3 is 31.1 Å². The first kappa shape index (κ1) is 38.6. The van der Waals surface area contributed by atoms with Crippen molar-refractivity contribution in [1.82, 2.24) is 20.9 Å². The third-order valence-corrected chi connectivity index (χ3v) is 8.36. The van der Waals surface area contributed by atoms with Crippen molar-refractivity contribution in [3.63, 3.8) is 0 Å². The van der Waals surface area contributed by atoms with Gasteiger partial charge in [0.05, 0.1) is 5.69 Å². The number of carbonyl (C=O) groups excluding carboxylic acids is 3. The van der Waals surface area contributed by atoms with Crippen molar-refractivity contribution in [3.8, 4) is 6.19 Å². The fraction of sp³-hybridized carbons (Fsp3) is 0.342. The standard InChI is InChI=1S/C38H43N7O7/c1-22-10-12-27(13-11-22)41-37(40-21-39)42-28-14-15-29-26(16-28)20-45(23(2)46)33(29)34(48)44-31(36(51)52)18-25-9-7-6-8-24(25)17-30(35(49)50)43-32(47)19-38(3,4)5/h6-16,30-31,33H,17-20H2,1-5H3,(H,43,47)(H,44,48)(H,49,50)(H,51,52)(H2,40,41,42). The molecule has 6 N–H and O–H groups in total. The van der Waals surface area contributed by atoms with Gasteiger partial charge in [-0.1, -0.05) is 68.8 Å². The Kier molecular flexibility index (Phi) is 12.4. The van der Waals surface area contributed by atoms with E-state index in [2.05, 4.69) is 26.3 Å². The largest absolute Gasteiger partial charge is 0.480 e. The molecule has 0 radical (unpaired) electrons. The molecule has 1 aliphatic heterocycles. The average Bonchev–Trinajstić information content (AvgIpc) is 3.44. The summed E-state index contributed by atoms with van der Waals surface area (Å²) in [7, 11) is 0. The minimum absolute atomic E-state index is 0.0759. The second kappa shape index (κ2) is 16.7. The molecule has 0 saturated carbocycles. The molecule has 0 aliphatic carbocycles. The molecular formula is C38H43N7O7. The van der Waals surface area contributed by atoms with Gasteiger partial charge in [0.25, 0.3) is 0 Å². The van der Waals surface area contributed by atoms with Crippen molar-refractivity contribution in [2.45, 2.75) is 78.6 Å². The van der Waals surface area contributed by atoms with E-state index in [0.29, 0.717) is 33.6 Å². The summed E-state index contributed by atoms with van der Waals surface area (Å²) in [6.07, 6.45) is 1.68. The van der Waals surface area contributed by atoms with Gasteiger partial charge in [-0.25, -0.2) is 14.6 Å². The maximum atomic E-state index is 13.8. The molecule has 1 heterocycles. The number of hydrogen-bond donors (Lipinski definition) is 6. The van der Waals surface area contributed by atoms with Crippen molar-refractivity contribution in [2.24, 2.45) is 10.4 Å². The highest BCUT2D eigenvalue weighted by Gasteiger charge is 2.39. The number of benzene rings is 3. The fourth-order valence-electron chi connectivity index (χ4n) is 5.90. The summed E-state index contributed by atoms with van der Waals surface area (Å²) in [6, 6.07) is 15.3. The van der Waals surface area contributed by atoms with Gasteiger partial charge in [-0.2, -0.15) is 5.26 Å². The number of carbonyl (C=O) groups is 5. The van der Waals surface area contributed by atoms with Crippen LogP contribution in [0.25, 0.3) is 0 Å². The Balaban J connectivity index is 1.54. The predicted molar refractivity (Wildman–Crippen MR) is 193 cm³/mol. The Morgan fingerprint density at radius 2 is 1.52 bits per heavy atom. The second-order valence-electron chi connectivity index (χ2n) is 13.9. The molecule has 0 aromatic heterocycles. The van der Waals surface area contributed by atoms with E-state index in [0.717, 1.165) is 5.56 Å². The second-order valence-corrected chi connectivity index (χ2v) is 13.9. The average molecular weight is 710 g/mol. The maximum absolute atomic E-state index is 13.8. The zero-order valence-electron chi connectivity index (χ0n) is 29.7. The van der Waals surface area contributed by atoms with Gasteiger partial charge in [-0.05, 0) is 58.9 Å². The molecular weight excluding hydrogens is 666 g/mol. The molecule has 14 heteroatoms. The number of nitrogens with one attached hydrogen (secondary N) is 4. The summed E-state index contributed by atoms with van der Waals surface area (Å²) in [4.78, 5) is 69.5. The predicted octanol–water partition coefficient (Wildman–Crippen LogP) is 3.93. The van der Waals surface area contributed by atoms with E-state index >= 15 is 0 Å². The van der Waals surface area contributed by atoms with E-state index in [1.54, 1.807) is 54.6 Å². The topological polar surface area (TPSA) is 213 Å². The maximum Gasteiger partial charge on any atom is 0.326 e. The third-order valence-electron chi connectivity index (χ3n) is 8.36. The van der Waals surface area contributed by atoms with Gasteiger partial charge in [0, 0.05) is 38.4 Å². The number of anilines is 1. The molecule has 3 unspecified atom stereocenters. The lowest BCUT2D eigenvalue weighted by molar-refractivity contribution is -0.144. The molecule has 0 fully saturated rings. The molecule has 52 heavy (non-hydrogen) atoms. The summed E-state index contributed by atoms with van der Waals surface area (Å²) in [5, 5.41) is 40.0. The van der Waals surface area contributed by atoms with Crippen molar-refractivity contribution in [1.29, 1.82) is 5.26 Å². The summed E-state index contributed by atoms with van der Waals surface area (Å²) in [5.74, 6) is -3.92. The van der Waals surface area contributed by atoms with Crippen LogP contribution in [-0.2, 0) is 43.4 Å². The number of nitriles is 1. The van der Waals surface area contributed by atoms with E-state index < -0.39 is 47.8 Å². The van der Waals surface area contributed by atoms with Crippen molar-refractivity contribution in [2.75, 3.05) is 5.32 Å². The molecule has 0 spiro atoms. The van der Waals surface area contributed by atoms with E-state index in [1.165, 1.54) is 11.8 Å². The number of aliphatic imine (C=N–C) groups is 1. The number of nitrogens with zero attached hydrogens (tertiary/aromatic N) is 3. The Labute approximate surface area is 301 Å². The highest BCUT2D eigenvalue weighted by atomic mass is 16.4.